The van der Waals surface area contributed by atoms with Crippen LogP contribution in [0.1, 0.15) is 71.6 Å². The van der Waals surface area contributed by atoms with E-state index < -0.39 is 23.9 Å². The molecule has 10 nitrogen and oxygen atoms in total. The van der Waals surface area contributed by atoms with Crippen LogP contribution in [0.15, 0.2) is 60.9 Å². The summed E-state index contributed by atoms with van der Waals surface area (Å²) in [7, 11) is 0. The molecule has 2 N–H and O–H groups in total. The molecule has 5 heterocycles. The highest BCUT2D eigenvalue weighted by Gasteiger charge is 2.26. The van der Waals surface area contributed by atoms with E-state index in [1.807, 2.05) is 62.4 Å². The standard InChI is InChI=1S/C33H38N4O6/c1-22(2)17-25(21-38)35-32(40)28-18-24-7-12-27(13-8-24)43-16-4-3-15-42-26-10-5-23(6-11-26)9-14-31(39)29-19-34-20-30(36-29)33(41)37-28/h5-8,10-13,19-22,25,28H,3-4,9,14-18H2,1-2H3,(H,35,40)(H,37,41)/t25-,28+/m0/s1. The minimum absolute atomic E-state index is 0.0663. The van der Waals surface area contributed by atoms with Crippen LogP contribution in [0.5, 0.6) is 11.5 Å². The molecule has 10 heteroatoms. The van der Waals surface area contributed by atoms with Crippen molar-refractivity contribution in [1.29, 1.82) is 0 Å². The van der Waals surface area contributed by atoms with Gasteiger partial charge in [-0.3, -0.25) is 19.4 Å². The van der Waals surface area contributed by atoms with Gasteiger partial charge in [0.2, 0.25) is 5.91 Å². The summed E-state index contributed by atoms with van der Waals surface area (Å²) >= 11 is 0. The van der Waals surface area contributed by atoms with Gasteiger partial charge < -0.3 is 24.9 Å². The molecule has 0 radical (unpaired) electrons. The van der Waals surface area contributed by atoms with Gasteiger partial charge in [0, 0.05) is 12.8 Å². The Hall–Kier alpha value is -4.60. The van der Waals surface area contributed by atoms with Gasteiger partial charge in [0.25, 0.3) is 5.91 Å². The molecule has 1 aromatic heterocycles. The van der Waals surface area contributed by atoms with Gasteiger partial charge >= 0.3 is 0 Å². The highest BCUT2D eigenvalue weighted by Crippen LogP contribution is 2.17. The van der Waals surface area contributed by atoms with Gasteiger partial charge in [-0.1, -0.05) is 38.1 Å². The molecule has 226 valence electrons. The molecule has 6 bridgehead atoms. The molecule has 4 aliphatic rings. The Labute approximate surface area is 251 Å². The van der Waals surface area contributed by atoms with E-state index in [9.17, 15) is 19.2 Å². The molecule has 2 aromatic carbocycles. The monoisotopic (exact) mass is 586 g/mol. The largest absolute Gasteiger partial charge is 0.494 e. The van der Waals surface area contributed by atoms with Crippen LogP contribution in [-0.4, -0.2) is 59.1 Å². The second-order valence-corrected chi connectivity index (χ2v) is 11.0. The van der Waals surface area contributed by atoms with Crippen molar-refractivity contribution in [2.75, 3.05) is 13.2 Å². The number of ether oxygens (including phenoxy) is 2. The Morgan fingerprint density at radius 2 is 1.53 bits per heavy atom. The zero-order chi connectivity index (χ0) is 30.6. The smallest absolute Gasteiger partial charge is 0.272 e. The van der Waals surface area contributed by atoms with Gasteiger partial charge in [0.1, 0.15) is 35.2 Å². The van der Waals surface area contributed by atoms with Crippen LogP contribution in [0, 0.1) is 5.92 Å². The minimum atomic E-state index is -1.01. The van der Waals surface area contributed by atoms with Crippen molar-refractivity contribution in [3.05, 3.63) is 83.4 Å². The van der Waals surface area contributed by atoms with E-state index in [-0.39, 0.29) is 35.9 Å². The molecule has 4 aliphatic heterocycles. The molecule has 2 amide bonds. The molecule has 0 saturated heterocycles. The molecular formula is C33H38N4O6. The average Bonchev–Trinajstić information content (AvgIpc) is 3.01. The molecule has 0 fully saturated rings. The number of aldehydes is 1. The molecule has 0 saturated carbocycles. The van der Waals surface area contributed by atoms with Crippen LogP contribution in [0.2, 0.25) is 0 Å². The summed E-state index contributed by atoms with van der Waals surface area (Å²) < 4.78 is 11.7. The van der Waals surface area contributed by atoms with Crippen molar-refractivity contribution < 1.29 is 28.7 Å². The summed E-state index contributed by atoms with van der Waals surface area (Å²) in [6.45, 7) is 5.00. The van der Waals surface area contributed by atoms with Gasteiger partial charge in [0.15, 0.2) is 5.78 Å². The van der Waals surface area contributed by atoms with E-state index in [1.54, 1.807) is 0 Å². The number of nitrogens with one attached hydrogen (secondary N) is 2. The SMILES string of the molecule is CC(C)C[C@@H](C=O)NC(=O)[C@H]1Cc2ccc(cc2)OCCCCOc2ccc(cc2)CCC(=O)c2cncc(n2)C(=O)N1. The fourth-order valence-corrected chi connectivity index (χ4v) is 4.67. The first-order valence-electron chi connectivity index (χ1n) is 14.7. The fourth-order valence-electron chi connectivity index (χ4n) is 4.67. The maximum Gasteiger partial charge on any atom is 0.272 e. The van der Waals surface area contributed by atoms with Gasteiger partial charge in [-0.15, -0.1) is 0 Å². The Bertz CT molecular complexity index is 1390. The molecule has 43 heavy (non-hydrogen) atoms. The highest BCUT2D eigenvalue weighted by atomic mass is 16.5. The molecular weight excluding hydrogens is 548 g/mol. The number of aromatic nitrogens is 2. The summed E-state index contributed by atoms with van der Waals surface area (Å²) in [4.78, 5) is 59.5. The van der Waals surface area contributed by atoms with Crippen LogP contribution < -0.4 is 20.1 Å². The van der Waals surface area contributed by atoms with Crippen molar-refractivity contribution in [2.24, 2.45) is 5.92 Å². The second kappa shape index (κ2) is 15.6. The summed E-state index contributed by atoms with van der Waals surface area (Å²) in [5.74, 6) is 0.228. The first kappa shape index (κ1) is 31.3. The van der Waals surface area contributed by atoms with E-state index in [2.05, 4.69) is 20.6 Å². The van der Waals surface area contributed by atoms with E-state index in [4.69, 9.17) is 9.47 Å². The molecule has 2 atom stereocenters. The lowest BCUT2D eigenvalue weighted by molar-refractivity contribution is -0.125. The van der Waals surface area contributed by atoms with Crippen molar-refractivity contribution in [1.82, 2.24) is 20.6 Å². The van der Waals surface area contributed by atoms with Crippen LogP contribution in [0.25, 0.3) is 0 Å². The first-order chi connectivity index (χ1) is 20.8. The molecule has 3 aromatic rings. The Kier molecular flexibility index (Phi) is 11.4. The maximum atomic E-state index is 13.3. The average molecular weight is 587 g/mol. The number of hydrogen-bond acceptors (Lipinski definition) is 8. The predicted molar refractivity (Wildman–Crippen MR) is 160 cm³/mol. The quantitative estimate of drug-likeness (QED) is 0.430. The number of Topliss-reactive ketones (excluding diaryl/α,β-unsaturated/α-hetero) is 1. The van der Waals surface area contributed by atoms with Gasteiger partial charge in [0.05, 0.1) is 31.6 Å². The number of carbonyl (C=O) groups is 4. The number of nitrogens with zero attached hydrogens (tertiary/aromatic N) is 2. The van der Waals surface area contributed by atoms with E-state index in [0.717, 1.165) is 29.7 Å². The normalized spacial score (nSPS) is 17.2. The van der Waals surface area contributed by atoms with E-state index in [1.165, 1.54) is 12.4 Å². The fraction of sp³-hybridized carbons (Fsp3) is 0.394. The van der Waals surface area contributed by atoms with Gasteiger partial charge in [-0.2, -0.15) is 0 Å². The third-order valence-corrected chi connectivity index (χ3v) is 7.00. The number of ketones is 1. The van der Waals surface area contributed by atoms with Crippen molar-refractivity contribution >= 4 is 23.9 Å². The lowest BCUT2D eigenvalue weighted by Crippen LogP contribution is -2.51. The van der Waals surface area contributed by atoms with Crippen LogP contribution >= 0.6 is 0 Å². The van der Waals surface area contributed by atoms with Crippen LogP contribution in [0.4, 0.5) is 0 Å². The van der Waals surface area contributed by atoms with Crippen LogP contribution in [0.3, 0.4) is 0 Å². The van der Waals surface area contributed by atoms with Gasteiger partial charge in [-0.05, 0) is 67.0 Å². The number of hydrogen-bond donors (Lipinski definition) is 2. The van der Waals surface area contributed by atoms with E-state index in [0.29, 0.717) is 38.1 Å². The summed E-state index contributed by atoms with van der Waals surface area (Å²) in [6.07, 6.45) is 6.22. The van der Waals surface area contributed by atoms with Crippen LogP contribution in [-0.2, 0) is 22.4 Å². The third kappa shape index (κ3) is 9.73. The number of amides is 2. The number of carbonyl (C=O) groups excluding carboxylic acids is 4. The number of aryl methyl sites for hydroxylation is 1. The molecule has 0 aliphatic carbocycles. The minimum Gasteiger partial charge on any atom is -0.494 e. The number of rotatable bonds is 5. The molecule has 0 spiro atoms. The maximum absolute atomic E-state index is 13.3. The first-order valence-corrected chi connectivity index (χ1v) is 14.7. The Balaban J connectivity index is 1.57. The summed E-state index contributed by atoms with van der Waals surface area (Å²) in [5, 5.41) is 5.48. The number of benzene rings is 2. The van der Waals surface area contributed by atoms with Crippen molar-refractivity contribution in [3.8, 4) is 11.5 Å². The predicted octanol–water partition coefficient (Wildman–Crippen LogP) is 3.91. The zero-order valence-corrected chi connectivity index (χ0v) is 24.6. The second-order valence-electron chi connectivity index (χ2n) is 11.0. The topological polar surface area (TPSA) is 137 Å². The summed E-state index contributed by atoms with van der Waals surface area (Å²) in [5.41, 5.74) is 1.73. The third-order valence-electron chi connectivity index (χ3n) is 7.00. The lowest BCUT2D eigenvalue weighted by Gasteiger charge is -2.22. The Morgan fingerprint density at radius 1 is 0.930 bits per heavy atom. The zero-order valence-electron chi connectivity index (χ0n) is 24.6. The Morgan fingerprint density at radius 3 is 2.14 bits per heavy atom. The summed E-state index contributed by atoms with van der Waals surface area (Å²) in [6, 6.07) is 13.2. The van der Waals surface area contributed by atoms with E-state index >= 15 is 0 Å². The van der Waals surface area contributed by atoms with Gasteiger partial charge in [-0.25, -0.2) is 4.98 Å². The lowest BCUT2D eigenvalue weighted by atomic mass is 10.0. The highest BCUT2D eigenvalue weighted by molar-refractivity contribution is 5.98. The molecule has 7 rings (SSSR count). The molecule has 0 unspecified atom stereocenters. The van der Waals surface area contributed by atoms with Crippen molar-refractivity contribution in [3.63, 3.8) is 0 Å². The van der Waals surface area contributed by atoms with Crippen molar-refractivity contribution in [2.45, 2.75) is 64.5 Å².